The van der Waals surface area contributed by atoms with Gasteiger partial charge in [-0.1, -0.05) is 6.07 Å². The number of nitrogens with one attached hydrogen (secondary N) is 1. The fourth-order valence-corrected chi connectivity index (χ4v) is 2.55. The van der Waals surface area contributed by atoms with Gasteiger partial charge in [0, 0.05) is 6.54 Å². The van der Waals surface area contributed by atoms with Gasteiger partial charge in [0.1, 0.15) is 23.1 Å². The van der Waals surface area contributed by atoms with Crippen LogP contribution in [0, 0.1) is 0 Å². The number of hydrogen-bond acceptors (Lipinski definition) is 3. The number of alkyl halides is 1. The van der Waals surface area contributed by atoms with Gasteiger partial charge in [-0.3, -0.25) is 4.79 Å². The predicted octanol–water partition coefficient (Wildman–Crippen LogP) is 3.04. The van der Waals surface area contributed by atoms with E-state index < -0.39 is 6.04 Å². The molecule has 0 bridgehead atoms. The predicted molar refractivity (Wildman–Crippen MR) is 83.9 cm³/mol. The summed E-state index contributed by atoms with van der Waals surface area (Å²) in [6.45, 7) is 6.17. The highest BCUT2D eigenvalue weighted by Gasteiger charge is 2.24. The third-order valence-electron chi connectivity index (χ3n) is 3.40. The average Bonchev–Trinajstić information content (AvgIpc) is 2.86. The topological polar surface area (TPSA) is 56.2 Å². The molecule has 0 aliphatic heterocycles. The summed E-state index contributed by atoms with van der Waals surface area (Å²) >= 11 is 6.25. The number of amides is 1. The second kappa shape index (κ2) is 6.35. The summed E-state index contributed by atoms with van der Waals surface area (Å²) in [5, 5.41) is 2.52. The maximum Gasteiger partial charge on any atom is 0.242 e. The van der Waals surface area contributed by atoms with Gasteiger partial charge in [0.15, 0.2) is 0 Å². The fraction of sp³-hybridized carbons (Fsp3) is 0.467. The second-order valence-electron chi connectivity index (χ2n) is 4.85. The molecule has 0 saturated carbocycles. The molecule has 6 heteroatoms. The molecule has 0 radical (unpaired) electrons. The normalized spacial score (nSPS) is 14.0. The second-order valence-corrected chi connectivity index (χ2v) is 5.51. The summed E-state index contributed by atoms with van der Waals surface area (Å²) in [5.41, 5.74) is 1.56. The number of rotatable bonds is 5. The van der Waals surface area contributed by atoms with Crippen LogP contribution in [0.5, 0.6) is 5.75 Å². The van der Waals surface area contributed by atoms with E-state index in [0.717, 1.165) is 11.0 Å². The van der Waals surface area contributed by atoms with Crippen LogP contribution < -0.4 is 10.1 Å². The van der Waals surface area contributed by atoms with Crippen molar-refractivity contribution in [3.8, 4) is 5.75 Å². The van der Waals surface area contributed by atoms with E-state index in [1.165, 1.54) is 0 Å². The molecule has 0 fully saturated rings. The third-order valence-corrected chi connectivity index (χ3v) is 3.60. The molecule has 21 heavy (non-hydrogen) atoms. The van der Waals surface area contributed by atoms with Gasteiger partial charge < -0.3 is 14.6 Å². The molecular formula is C15H20ClN3O2. The van der Waals surface area contributed by atoms with Gasteiger partial charge >= 0.3 is 0 Å². The zero-order valence-electron chi connectivity index (χ0n) is 12.7. The number of ether oxygens (including phenoxy) is 1. The van der Waals surface area contributed by atoms with Crippen molar-refractivity contribution in [3.63, 3.8) is 0 Å². The lowest BCUT2D eigenvalue weighted by Crippen LogP contribution is -2.31. The number of carbonyl (C=O) groups is 1. The molecule has 1 aromatic carbocycles. The lowest BCUT2D eigenvalue weighted by molar-refractivity contribution is -0.123. The quantitative estimate of drug-likeness (QED) is 0.864. The molecular weight excluding hydrogens is 290 g/mol. The van der Waals surface area contributed by atoms with Crippen LogP contribution in [0.15, 0.2) is 18.2 Å². The summed E-state index contributed by atoms with van der Waals surface area (Å²) in [5.74, 6) is 1.28. The maximum absolute atomic E-state index is 12.2. The van der Waals surface area contributed by atoms with Crippen molar-refractivity contribution < 1.29 is 9.53 Å². The summed E-state index contributed by atoms with van der Waals surface area (Å²) in [7, 11) is 1.60. The van der Waals surface area contributed by atoms with E-state index in [1.54, 1.807) is 7.11 Å². The van der Waals surface area contributed by atoms with E-state index in [1.807, 2.05) is 43.5 Å². The average molecular weight is 310 g/mol. The summed E-state index contributed by atoms with van der Waals surface area (Å²) in [6, 6.07) is 5.26. The van der Waals surface area contributed by atoms with Crippen molar-refractivity contribution in [2.75, 3.05) is 13.7 Å². The number of halogens is 1. The molecule has 114 valence electrons. The molecule has 1 aromatic heterocycles. The van der Waals surface area contributed by atoms with Crippen molar-refractivity contribution in [1.29, 1.82) is 0 Å². The van der Waals surface area contributed by atoms with Crippen LogP contribution in [0.25, 0.3) is 11.0 Å². The Bertz CT molecular complexity index is 652. The molecule has 2 unspecified atom stereocenters. The molecule has 0 aliphatic rings. The first kappa shape index (κ1) is 15.6. The van der Waals surface area contributed by atoms with E-state index in [4.69, 9.17) is 16.3 Å². The Balaban J connectivity index is 2.64. The van der Waals surface area contributed by atoms with Crippen LogP contribution >= 0.6 is 11.6 Å². The number of hydrogen-bond donors (Lipinski definition) is 1. The van der Waals surface area contributed by atoms with Gasteiger partial charge in [0.2, 0.25) is 5.91 Å². The van der Waals surface area contributed by atoms with Crippen molar-refractivity contribution in [2.45, 2.75) is 32.2 Å². The Labute approximate surface area is 129 Å². The van der Waals surface area contributed by atoms with Crippen LogP contribution in [0.4, 0.5) is 0 Å². The molecule has 0 saturated heterocycles. The van der Waals surface area contributed by atoms with E-state index in [0.29, 0.717) is 18.1 Å². The highest BCUT2D eigenvalue weighted by atomic mass is 35.5. The first-order valence-corrected chi connectivity index (χ1v) is 7.41. The fourth-order valence-electron chi connectivity index (χ4n) is 2.40. The van der Waals surface area contributed by atoms with Crippen LogP contribution in [-0.2, 0) is 4.79 Å². The molecule has 0 aliphatic carbocycles. The minimum atomic E-state index is -0.391. The Morgan fingerprint density at radius 1 is 1.48 bits per heavy atom. The summed E-state index contributed by atoms with van der Waals surface area (Å²) < 4.78 is 7.22. The van der Waals surface area contributed by atoms with Crippen LogP contribution in [0.3, 0.4) is 0 Å². The molecule has 0 spiro atoms. The zero-order chi connectivity index (χ0) is 15.6. The number of imidazole rings is 1. The lowest BCUT2D eigenvalue weighted by Gasteiger charge is -2.17. The van der Waals surface area contributed by atoms with Crippen LogP contribution in [0.1, 0.15) is 38.0 Å². The van der Waals surface area contributed by atoms with Gasteiger partial charge in [-0.15, -0.1) is 11.6 Å². The summed E-state index contributed by atoms with van der Waals surface area (Å²) in [6.07, 6.45) is 0. The first-order valence-electron chi connectivity index (χ1n) is 6.97. The van der Waals surface area contributed by atoms with Gasteiger partial charge in [-0.25, -0.2) is 4.98 Å². The molecule has 2 atom stereocenters. The van der Waals surface area contributed by atoms with Gasteiger partial charge in [-0.05, 0) is 32.9 Å². The lowest BCUT2D eigenvalue weighted by atomic mass is 10.2. The SMILES string of the molecule is CCNC(=O)C(C)n1c(C(C)Cl)nc2c(OC)cccc21. The number of fused-ring (bicyclic) bond motifs is 1. The van der Waals surface area contributed by atoms with Crippen molar-refractivity contribution in [3.05, 3.63) is 24.0 Å². The van der Waals surface area contributed by atoms with E-state index >= 15 is 0 Å². The number of para-hydroxylation sites is 1. The standard InChI is InChI=1S/C15H20ClN3O2/c1-5-17-15(20)10(3)19-11-7-6-8-12(21-4)13(11)18-14(19)9(2)16/h6-10H,5H2,1-4H3,(H,17,20). The zero-order valence-corrected chi connectivity index (χ0v) is 13.4. The van der Waals surface area contributed by atoms with E-state index in [-0.39, 0.29) is 11.3 Å². The first-order chi connectivity index (χ1) is 10.0. The molecule has 5 nitrogen and oxygen atoms in total. The van der Waals surface area contributed by atoms with E-state index in [2.05, 4.69) is 10.3 Å². The van der Waals surface area contributed by atoms with Gasteiger partial charge in [0.25, 0.3) is 0 Å². The van der Waals surface area contributed by atoms with Gasteiger partial charge in [0.05, 0.1) is 18.0 Å². The number of methoxy groups -OCH3 is 1. The third kappa shape index (κ3) is 2.83. The van der Waals surface area contributed by atoms with Crippen molar-refractivity contribution >= 4 is 28.5 Å². The Morgan fingerprint density at radius 3 is 2.76 bits per heavy atom. The van der Waals surface area contributed by atoms with E-state index in [9.17, 15) is 4.79 Å². The van der Waals surface area contributed by atoms with Crippen molar-refractivity contribution in [2.24, 2.45) is 0 Å². The number of benzene rings is 1. The molecule has 1 N–H and O–H groups in total. The Morgan fingerprint density at radius 2 is 2.19 bits per heavy atom. The number of likely N-dealkylation sites (N-methyl/N-ethyl adjacent to an activating group) is 1. The van der Waals surface area contributed by atoms with Crippen LogP contribution in [-0.4, -0.2) is 29.1 Å². The number of carbonyl (C=O) groups excluding carboxylic acids is 1. The van der Waals surface area contributed by atoms with Gasteiger partial charge in [-0.2, -0.15) is 0 Å². The minimum absolute atomic E-state index is 0.0572. The Kier molecular flexibility index (Phi) is 4.73. The number of aromatic nitrogens is 2. The minimum Gasteiger partial charge on any atom is -0.494 e. The molecule has 1 heterocycles. The van der Waals surface area contributed by atoms with Crippen molar-refractivity contribution in [1.82, 2.24) is 14.9 Å². The van der Waals surface area contributed by atoms with Crippen LogP contribution in [0.2, 0.25) is 0 Å². The molecule has 1 amide bonds. The molecule has 2 rings (SSSR count). The smallest absolute Gasteiger partial charge is 0.242 e. The highest BCUT2D eigenvalue weighted by molar-refractivity contribution is 6.20. The Hall–Kier alpha value is -1.75. The maximum atomic E-state index is 12.2. The summed E-state index contributed by atoms with van der Waals surface area (Å²) in [4.78, 5) is 16.8. The number of nitrogens with zero attached hydrogens (tertiary/aromatic N) is 2. The monoisotopic (exact) mass is 309 g/mol. The largest absolute Gasteiger partial charge is 0.494 e. The molecule has 2 aromatic rings. The highest BCUT2D eigenvalue weighted by Crippen LogP contribution is 2.32.